The van der Waals surface area contributed by atoms with E-state index in [9.17, 15) is 0 Å². The average molecular weight is 221 g/mol. The molecule has 0 aromatic heterocycles. The molecular formula is C11H15N3S. The number of thioether (sulfide) groups is 1. The Morgan fingerprint density at radius 1 is 1.47 bits per heavy atom. The Morgan fingerprint density at radius 2 is 2.33 bits per heavy atom. The van der Waals surface area contributed by atoms with Crippen LogP contribution in [0, 0.1) is 0 Å². The molecule has 1 fully saturated rings. The van der Waals surface area contributed by atoms with E-state index >= 15 is 0 Å². The summed E-state index contributed by atoms with van der Waals surface area (Å²) in [6.07, 6.45) is 0. The summed E-state index contributed by atoms with van der Waals surface area (Å²) in [7, 11) is 4.22. The lowest BCUT2D eigenvalue weighted by atomic mass is 10.2. The maximum atomic E-state index is 3.50. The van der Waals surface area contributed by atoms with Gasteiger partial charge in [-0.25, -0.2) is 0 Å². The Labute approximate surface area is 94.4 Å². The third-order valence-corrected chi connectivity index (χ3v) is 4.17. The van der Waals surface area contributed by atoms with Crippen LogP contribution in [0.15, 0.2) is 23.1 Å². The largest absolute Gasteiger partial charge is 0.376 e. The fraction of sp³-hybridized carbons (Fsp3) is 0.455. The van der Waals surface area contributed by atoms with E-state index in [0.29, 0.717) is 5.50 Å². The molecule has 1 aromatic rings. The zero-order chi connectivity index (χ0) is 10.4. The van der Waals surface area contributed by atoms with Crippen molar-refractivity contribution in [1.29, 1.82) is 0 Å². The SMILES string of the molecule is CN(C)c1cccc2c1N1CCNC1S2. The zero-order valence-corrected chi connectivity index (χ0v) is 9.84. The van der Waals surface area contributed by atoms with E-state index in [1.807, 2.05) is 11.8 Å². The molecule has 2 aliphatic heterocycles. The number of nitrogens with one attached hydrogen (secondary N) is 1. The van der Waals surface area contributed by atoms with Crippen molar-refractivity contribution in [2.75, 3.05) is 37.0 Å². The van der Waals surface area contributed by atoms with E-state index in [4.69, 9.17) is 0 Å². The van der Waals surface area contributed by atoms with Crippen molar-refractivity contribution in [1.82, 2.24) is 5.32 Å². The highest BCUT2D eigenvalue weighted by Gasteiger charge is 2.35. The van der Waals surface area contributed by atoms with Crippen molar-refractivity contribution in [2.24, 2.45) is 0 Å². The number of hydrogen-bond acceptors (Lipinski definition) is 4. The van der Waals surface area contributed by atoms with Crippen LogP contribution in [-0.2, 0) is 0 Å². The molecule has 1 N–H and O–H groups in total. The van der Waals surface area contributed by atoms with Crippen LogP contribution in [0.2, 0.25) is 0 Å². The predicted molar refractivity (Wildman–Crippen MR) is 65.8 cm³/mol. The van der Waals surface area contributed by atoms with E-state index in [0.717, 1.165) is 13.1 Å². The van der Waals surface area contributed by atoms with Gasteiger partial charge >= 0.3 is 0 Å². The Hall–Kier alpha value is -0.870. The van der Waals surface area contributed by atoms with Gasteiger partial charge in [-0.05, 0) is 12.1 Å². The predicted octanol–water partition coefficient (Wildman–Crippen LogP) is 1.55. The van der Waals surface area contributed by atoms with Crippen LogP contribution in [0.5, 0.6) is 0 Å². The van der Waals surface area contributed by atoms with E-state index in [2.05, 4.69) is 47.4 Å². The van der Waals surface area contributed by atoms with E-state index in [1.165, 1.54) is 16.3 Å². The molecule has 3 nitrogen and oxygen atoms in total. The fourth-order valence-electron chi connectivity index (χ4n) is 2.25. The number of para-hydroxylation sites is 1. The van der Waals surface area contributed by atoms with Gasteiger partial charge in [-0.15, -0.1) is 0 Å². The molecule has 0 spiro atoms. The number of hydrogen-bond donors (Lipinski definition) is 1. The minimum absolute atomic E-state index is 0.459. The third-order valence-electron chi connectivity index (χ3n) is 2.94. The van der Waals surface area contributed by atoms with Crippen molar-refractivity contribution in [3.8, 4) is 0 Å². The van der Waals surface area contributed by atoms with Gasteiger partial charge in [0.15, 0.2) is 0 Å². The fourth-order valence-corrected chi connectivity index (χ4v) is 3.52. The Morgan fingerprint density at radius 3 is 3.13 bits per heavy atom. The van der Waals surface area contributed by atoms with Gasteiger partial charge in [0, 0.05) is 32.1 Å². The molecule has 0 radical (unpaired) electrons. The highest BCUT2D eigenvalue weighted by molar-refractivity contribution is 8.00. The number of nitrogens with zero attached hydrogens (tertiary/aromatic N) is 2. The second-order valence-corrected chi connectivity index (χ2v) is 5.26. The van der Waals surface area contributed by atoms with Crippen LogP contribution in [0.4, 0.5) is 11.4 Å². The quantitative estimate of drug-likeness (QED) is 0.775. The first kappa shape index (κ1) is 9.36. The molecule has 0 bridgehead atoms. The number of anilines is 2. The lowest BCUT2D eigenvalue weighted by molar-refractivity contribution is 0.809. The van der Waals surface area contributed by atoms with Crippen molar-refractivity contribution >= 4 is 23.1 Å². The van der Waals surface area contributed by atoms with Gasteiger partial charge in [-0.3, -0.25) is 5.32 Å². The first-order valence-electron chi connectivity index (χ1n) is 5.24. The summed E-state index contributed by atoms with van der Waals surface area (Å²) in [6, 6.07) is 6.55. The monoisotopic (exact) mass is 221 g/mol. The molecule has 1 aromatic carbocycles. The molecule has 1 saturated heterocycles. The summed E-state index contributed by atoms with van der Waals surface area (Å²) in [4.78, 5) is 6.06. The first-order chi connectivity index (χ1) is 7.27. The molecule has 1 unspecified atom stereocenters. The van der Waals surface area contributed by atoms with Gasteiger partial charge in [0.25, 0.3) is 0 Å². The Balaban J connectivity index is 2.11. The molecule has 80 valence electrons. The molecule has 2 heterocycles. The van der Waals surface area contributed by atoms with Crippen LogP contribution in [0.25, 0.3) is 0 Å². The molecule has 0 saturated carbocycles. The third kappa shape index (κ3) is 1.32. The molecule has 4 heteroatoms. The van der Waals surface area contributed by atoms with E-state index in [1.54, 1.807) is 0 Å². The molecule has 0 amide bonds. The standard InChI is InChI=1S/C11H15N3S/c1-13(2)8-4-3-5-9-10(8)14-7-6-12-11(14)15-9/h3-5,11-12H,6-7H2,1-2H3. The number of rotatable bonds is 1. The van der Waals surface area contributed by atoms with Crippen LogP contribution >= 0.6 is 11.8 Å². The van der Waals surface area contributed by atoms with Crippen LogP contribution in [0.1, 0.15) is 0 Å². The second kappa shape index (κ2) is 3.32. The summed E-state index contributed by atoms with van der Waals surface area (Å²) >= 11 is 1.93. The van der Waals surface area contributed by atoms with Gasteiger partial charge in [0.1, 0.15) is 5.50 Å². The summed E-state index contributed by atoms with van der Waals surface area (Å²) < 4.78 is 0. The molecular weight excluding hydrogens is 206 g/mol. The molecule has 15 heavy (non-hydrogen) atoms. The van der Waals surface area contributed by atoms with Crippen molar-refractivity contribution < 1.29 is 0 Å². The number of fused-ring (bicyclic) bond motifs is 3. The zero-order valence-electron chi connectivity index (χ0n) is 9.03. The van der Waals surface area contributed by atoms with Crippen molar-refractivity contribution in [3.63, 3.8) is 0 Å². The van der Waals surface area contributed by atoms with Gasteiger partial charge in [0.05, 0.1) is 11.4 Å². The lowest BCUT2D eigenvalue weighted by Gasteiger charge is -2.23. The topological polar surface area (TPSA) is 18.5 Å². The lowest BCUT2D eigenvalue weighted by Crippen LogP contribution is -2.29. The van der Waals surface area contributed by atoms with Gasteiger partial charge in [-0.2, -0.15) is 0 Å². The van der Waals surface area contributed by atoms with E-state index in [-0.39, 0.29) is 0 Å². The molecule has 3 rings (SSSR count). The van der Waals surface area contributed by atoms with E-state index < -0.39 is 0 Å². The van der Waals surface area contributed by atoms with Crippen molar-refractivity contribution in [3.05, 3.63) is 18.2 Å². The Kier molecular flexibility index (Phi) is 2.07. The first-order valence-corrected chi connectivity index (χ1v) is 6.12. The highest BCUT2D eigenvalue weighted by Crippen LogP contribution is 2.48. The summed E-state index contributed by atoms with van der Waals surface area (Å²) in [6.45, 7) is 2.22. The molecule has 2 aliphatic rings. The molecule has 1 atom stereocenters. The summed E-state index contributed by atoms with van der Waals surface area (Å²) in [5.74, 6) is 0. The van der Waals surface area contributed by atoms with Crippen molar-refractivity contribution in [2.45, 2.75) is 10.4 Å². The summed E-state index contributed by atoms with van der Waals surface area (Å²) in [5, 5.41) is 3.50. The van der Waals surface area contributed by atoms with Gasteiger partial charge < -0.3 is 9.80 Å². The maximum absolute atomic E-state index is 3.50. The maximum Gasteiger partial charge on any atom is 0.133 e. The highest BCUT2D eigenvalue weighted by atomic mass is 32.2. The van der Waals surface area contributed by atoms with Gasteiger partial charge in [0.2, 0.25) is 0 Å². The van der Waals surface area contributed by atoms with Gasteiger partial charge in [-0.1, -0.05) is 17.8 Å². The average Bonchev–Trinajstić information content (AvgIpc) is 2.75. The Bertz CT molecular complexity index is 391. The normalized spacial score (nSPS) is 22.8. The number of benzene rings is 1. The smallest absolute Gasteiger partial charge is 0.133 e. The van der Waals surface area contributed by atoms with Crippen LogP contribution < -0.4 is 15.1 Å². The van der Waals surface area contributed by atoms with Crippen LogP contribution in [0.3, 0.4) is 0 Å². The summed E-state index contributed by atoms with van der Waals surface area (Å²) in [5.41, 5.74) is 3.19. The minimum atomic E-state index is 0.459. The minimum Gasteiger partial charge on any atom is -0.376 e. The van der Waals surface area contributed by atoms with Crippen LogP contribution in [-0.4, -0.2) is 32.7 Å². The molecule has 0 aliphatic carbocycles. The second-order valence-electron chi connectivity index (χ2n) is 4.14.